The zero-order valence-electron chi connectivity index (χ0n) is 10.2. The molecule has 1 heteroatoms. The molecule has 1 aromatic rings. The third-order valence-corrected chi connectivity index (χ3v) is 2.42. The Bertz CT molecular complexity index is 363. The number of allylic oxidation sites excluding steroid dienone is 3. The van der Waals surface area contributed by atoms with Crippen molar-refractivity contribution in [2.24, 2.45) is 0 Å². The van der Waals surface area contributed by atoms with Gasteiger partial charge in [0.1, 0.15) is 0 Å². The van der Waals surface area contributed by atoms with E-state index in [9.17, 15) is 0 Å². The molecule has 0 radical (unpaired) electrons. The highest BCUT2D eigenvalue weighted by molar-refractivity contribution is 5.67. The Balaban J connectivity index is 2.83. The lowest BCUT2D eigenvalue weighted by molar-refractivity contribution is 0.121. The SMILES string of the molecule is C=C/C=C(/C)c1ccccc1COCCC. The standard InChI is InChI=1S/C15H20O/c1-4-8-13(3)15-10-7-6-9-14(15)12-16-11-5-2/h4,6-10H,1,5,11-12H2,2-3H3/b13-8-. The quantitative estimate of drug-likeness (QED) is 0.511. The lowest BCUT2D eigenvalue weighted by Crippen LogP contribution is -1.97. The molecule has 0 aliphatic carbocycles. The molecule has 1 nitrogen and oxygen atoms in total. The average molecular weight is 216 g/mol. The monoisotopic (exact) mass is 216 g/mol. The fourth-order valence-electron chi connectivity index (χ4n) is 1.62. The van der Waals surface area contributed by atoms with Crippen LogP contribution in [0.25, 0.3) is 5.57 Å². The van der Waals surface area contributed by atoms with Crippen LogP contribution in [0, 0.1) is 0 Å². The lowest BCUT2D eigenvalue weighted by atomic mass is 10.0. The molecule has 16 heavy (non-hydrogen) atoms. The van der Waals surface area contributed by atoms with Gasteiger partial charge in [0.05, 0.1) is 6.61 Å². The summed E-state index contributed by atoms with van der Waals surface area (Å²) in [7, 11) is 0. The van der Waals surface area contributed by atoms with Crippen molar-refractivity contribution in [3.05, 3.63) is 54.1 Å². The molecule has 1 aromatic carbocycles. The van der Waals surface area contributed by atoms with Crippen LogP contribution in [0.1, 0.15) is 31.4 Å². The molecule has 1 rings (SSSR count). The largest absolute Gasteiger partial charge is 0.377 e. The van der Waals surface area contributed by atoms with Gasteiger partial charge in [-0.15, -0.1) is 0 Å². The van der Waals surface area contributed by atoms with Crippen LogP contribution < -0.4 is 0 Å². The molecule has 0 fully saturated rings. The normalized spacial score (nSPS) is 11.5. The molecular formula is C15H20O. The number of hydrogen-bond donors (Lipinski definition) is 0. The minimum atomic E-state index is 0.687. The topological polar surface area (TPSA) is 9.23 Å². The van der Waals surface area contributed by atoms with Gasteiger partial charge < -0.3 is 4.74 Å². The highest BCUT2D eigenvalue weighted by atomic mass is 16.5. The van der Waals surface area contributed by atoms with Gasteiger partial charge in [-0.05, 0) is 30.0 Å². The predicted octanol–water partition coefficient (Wildman–Crippen LogP) is 4.20. The first-order chi connectivity index (χ1) is 7.79. The molecule has 0 unspecified atom stereocenters. The van der Waals surface area contributed by atoms with Crippen molar-refractivity contribution >= 4 is 5.57 Å². The van der Waals surface area contributed by atoms with Crippen LogP contribution >= 0.6 is 0 Å². The zero-order valence-corrected chi connectivity index (χ0v) is 10.2. The first kappa shape index (κ1) is 12.7. The second-order valence-electron chi connectivity index (χ2n) is 3.80. The Morgan fingerprint density at radius 3 is 2.81 bits per heavy atom. The minimum absolute atomic E-state index is 0.687. The van der Waals surface area contributed by atoms with E-state index >= 15 is 0 Å². The Labute approximate surface area is 98.5 Å². The molecule has 0 heterocycles. The van der Waals surface area contributed by atoms with Crippen molar-refractivity contribution in [2.45, 2.75) is 26.9 Å². The third kappa shape index (κ3) is 3.67. The van der Waals surface area contributed by atoms with Crippen molar-refractivity contribution in [2.75, 3.05) is 6.61 Å². The van der Waals surface area contributed by atoms with Crippen molar-refractivity contribution in [3.63, 3.8) is 0 Å². The number of ether oxygens (including phenoxy) is 1. The molecule has 0 saturated carbocycles. The van der Waals surface area contributed by atoms with Crippen molar-refractivity contribution in [1.29, 1.82) is 0 Å². The van der Waals surface area contributed by atoms with E-state index in [2.05, 4.69) is 44.7 Å². The molecule has 0 bridgehead atoms. The number of hydrogen-bond acceptors (Lipinski definition) is 1. The number of rotatable bonds is 6. The molecule has 86 valence electrons. The summed E-state index contributed by atoms with van der Waals surface area (Å²) in [6, 6.07) is 8.35. The Morgan fingerprint density at radius 2 is 2.12 bits per heavy atom. The Kier molecular flexibility index (Phi) is 5.58. The fraction of sp³-hybridized carbons (Fsp3) is 0.333. The first-order valence-corrected chi connectivity index (χ1v) is 5.75. The van der Waals surface area contributed by atoms with Gasteiger partial charge in [0.15, 0.2) is 0 Å². The van der Waals surface area contributed by atoms with E-state index in [4.69, 9.17) is 4.74 Å². The van der Waals surface area contributed by atoms with Crippen molar-refractivity contribution in [1.82, 2.24) is 0 Å². The van der Waals surface area contributed by atoms with E-state index in [1.54, 1.807) is 0 Å². The van der Waals surface area contributed by atoms with Gasteiger partial charge in [0.2, 0.25) is 0 Å². The van der Waals surface area contributed by atoms with E-state index in [1.165, 1.54) is 16.7 Å². The molecule has 0 N–H and O–H groups in total. The van der Waals surface area contributed by atoms with Crippen LogP contribution in [0.3, 0.4) is 0 Å². The van der Waals surface area contributed by atoms with Crippen LogP contribution in [0.5, 0.6) is 0 Å². The summed E-state index contributed by atoms with van der Waals surface area (Å²) in [6.07, 6.45) is 4.90. The van der Waals surface area contributed by atoms with Crippen LogP contribution in [0.15, 0.2) is 43.0 Å². The van der Waals surface area contributed by atoms with E-state index in [1.807, 2.05) is 12.2 Å². The Morgan fingerprint density at radius 1 is 1.38 bits per heavy atom. The smallest absolute Gasteiger partial charge is 0.0722 e. The predicted molar refractivity (Wildman–Crippen MR) is 70.2 cm³/mol. The average Bonchev–Trinajstić information content (AvgIpc) is 2.30. The summed E-state index contributed by atoms with van der Waals surface area (Å²) in [5.74, 6) is 0. The van der Waals surface area contributed by atoms with E-state index in [0.717, 1.165) is 13.0 Å². The molecule has 0 spiro atoms. The first-order valence-electron chi connectivity index (χ1n) is 5.75. The van der Waals surface area contributed by atoms with Crippen LogP contribution in [0.4, 0.5) is 0 Å². The van der Waals surface area contributed by atoms with E-state index < -0.39 is 0 Å². The van der Waals surface area contributed by atoms with E-state index in [0.29, 0.717) is 6.61 Å². The minimum Gasteiger partial charge on any atom is -0.377 e. The highest BCUT2D eigenvalue weighted by Gasteiger charge is 2.02. The van der Waals surface area contributed by atoms with Gasteiger partial charge in [0.25, 0.3) is 0 Å². The van der Waals surface area contributed by atoms with Crippen LogP contribution in [0.2, 0.25) is 0 Å². The molecule has 0 aliphatic heterocycles. The van der Waals surface area contributed by atoms with Gasteiger partial charge in [0, 0.05) is 6.61 Å². The van der Waals surface area contributed by atoms with Gasteiger partial charge in [-0.2, -0.15) is 0 Å². The summed E-state index contributed by atoms with van der Waals surface area (Å²) in [6.45, 7) is 9.45. The second-order valence-corrected chi connectivity index (χ2v) is 3.80. The van der Waals surface area contributed by atoms with Crippen LogP contribution in [-0.2, 0) is 11.3 Å². The summed E-state index contributed by atoms with van der Waals surface area (Å²) >= 11 is 0. The van der Waals surface area contributed by atoms with Crippen molar-refractivity contribution in [3.8, 4) is 0 Å². The summed E-state index contributed by atoms with van der Waals surface area (Å²) in [5, 5.41) is 0. The van der Waals surface area contributed by atoms with Crippen molar-refractivity contribution < 1.29 is 4.74 Å². The molecule has 0 amide bonds. The second kappa shape index (κ2) is 7.02. The summed E-state index contributed by atoms with van der Waals surface area (Å²) in [4.78, 5) is 0. The third-order valence-electron chi connectivity index (χ3n) is 2.42. The van der Waals surface area contributed by atoms with Crippen LogP contribution in [-0.4, -0.2) is 6.61 Å². The molecule has 0 atom stereocenters. The molecule has 0 aromatic heterocycles. The molecule has 0 aliphatic rings. The summed E-state index contributed by atoms with van der Waals surface area (Å²) in [5.41, 5.74) is 3.72. The maximum absolute atomic E-state index is 5.58. The molecule has 0 saturated heterocycles. The maximum Gasteiger partial charge on any atom is 0.0722 e. The van der Waals surface area contributed by atoms with Gasteiger partial charge in [-0.1, -0.05) is 49.9 Å². The van der Waals surface area contributed by atoms with E-state index in [-0.39, 0.29) is 0 Å². The van der Waals surface area contributed by atoms with Gasteiger partial charge in [-0.25, -0.2) is 0 Å². The highest BCUT2D eigenvalue weighted by Crippen LogP contribution is 2.19. The van der Waals surface area contributed by atoms with Gasteiger partial charge >= 0.3 is 0 Å². The summed E-state index contributed by atoms with van der Waals surface area (Å²) < 4.78 is 5.58. The van der Waals surface area contributed by atoms with Gasteiger partial charge in [-0.3, -0.25) is 0 Å². The Hall–Kier alpha value is -1.34. The maximum atomic E-state index is 5.58. The molecular weight excluding hydrogens is 196 g/mol. The lowest BCUT2D eigenvalue weighted by Gasteiger charge is -2.09. The zero-order chi connectivity index (χ0) is 11.8. The number of benzene rings is 1. The fourth-order valence-corrected chi connectivity index (χ4v) is 1.62.